The summed E-state index contributed by atoms with van der Waals surface area (Å²) in [6.07, 6.45) is 2.90. The van der Waals surface area contributed by atoms with Crippen molar-refractivity contribution in [3.8, 4) is 0 Å². The van der Waals surface area contributed by atoms with E-state index in [9.17, 15) is 14.4 Å². The summed E-state index contributed by atoms with van der Waals surface area (Å²) in [5, 5.41) is 0. The van der Waals surface area contributed by atoms with Crippen molar-refractivity contribution in [3.63, 3.8) is 0 Å². The third-order valence-electron chi connectivity index (χ3n) is 5.80. The van der Waals surface area contributed by atoms with E-state index >= 15 is 0 Å². The van der Waals surface area contributed by atoms with Gasteiger partial charge in [-0.3, -0.25) is 19.3 Å². The molecule has 0 saturated carbocycles. The molecule has 0 unspecified atom stereocenters. The minimum atomic E-state index is -1.32. The standard InChI is InChI=1S/C28H25NO4S/c1-20-13-16-23(17-14-20)34-28(27(32)33-2)19-25(31)29(26(28)22-11-7-4-8-12-22)24(30)18-15-21-9-5-3-6-10-21/h3-18,26H,19H2,1-2H3/b18-15+/t26-,28-/m1/s1. The maximum absolute atomic E-state index is 13.4. The molecule has 1 fully saturated rings. The summed E-state index contributed by atoms with van der Waals surface area (Å²) in [4.78, 5) is 42.1. The number of amides is 2. The van der Waals surface area contributed by atoms with Gasteiger partial charge >= 0.3 is 5.97 Å². The highest BCUT2D eigenvalue weighted by Gasteiger charge is 2.60. The first-order valence-electron chi connectivity index (χ1n) is 10.9. The number of carbonyl (C=O) groups excluding carboxylic acids is 3. The fourth-order valence-electron chi connectivity index (χ4n) is 4.18. The predicted molar refractivity (Wildman–Crippen MR) is 133 cm³/mol. The number of esters is 1. The van der Waals surface area contributed by atoms with Crippen molar-refractivity contribution in [1.29, 1.82) is 0 Å². The van der Waals surface area contributed by atoms with E-state index in [0.717, 1.165) is 16.0 Å². The van der Waals surface area contributed by atoms with Crippen LogP contribution in [0.4, 0.5) is 0 Å². The number of hydrogen-bond acceptors (Lipinski definition) is 5. The van der Waals surface area contributed by atoms with Gasteiger partial charge in [-0.1, -0.05) is 78.4 Å². The van der Waals surface area contributed by atoms with E-state index < -0.39 is 28.6 Å². The fourth-order valence-corrected chi connectivity index (χ4v) is 5.59. The summed E-state index contributed by atoms with van der Waals surface area (Å²) < 4.78 is 3.90. The number of carbonyl (C=O) groups is 3. The molecule has 4 rings (SSSR count). The Bertz CT molecular complexity index is 1210. The van der Waals surface area contributed by atoms with Crippen molar-refractivity contribution >= 4 is 35.6 Å². The number of nitrogens with zero attached hydrogens (tertiary/aromatic N) is 1. The molecule has 0 spiro atoms. The van der Waals surface area contributed by atoms with Crippen LogP contribution in [-0.4, -0.2) is 34.5 Å². The molecule has 172 valence electrons. The lowest BCUT2D eigenvalue weighted by molar-refractivity contribution is -0.144. The van der Waals surface area contributed by atoms with Crippen molar-refractivity contribution in [3.05, 3.63) is 108 Å². The number of rotatable bonds is 6. The van der Waals surface area contributed by atoms with E-state index in [-0.39, 0.29) is 6.42 Å². The van der Waals surface area contributed by atoms with Crippen LogP contribution in [0.3, 0.4) is 0 Å². The van der Waals surface area contributed by atoms with Crippen LogP contribution in [0.15, 0.2) is 95.9 Å². The first-order chi connectivity index (χ1) is 16.4. The monoisotopic (exact) mass is 471 g/mol. The van der Waals surface area contributed by atoms with Crippen LogP contribution in [0.2, 0.25) is 0 Å². The summed E-state index contributed by atoms with van der Waals surface area (Å²) in [6.45, 7) is 1.98. The van der Waals surface area contributed by atoms with Crippen molar-refractivity contribution in [2.24, 2.45) is 0 Å². The Kier molecular flexibility index (Phi) is 6.98. The van der Waals surface area contributed by atoms with Crippen LogP contribution in [0, 0.1) is 6.92 Å². The maximum Gasteiger partial charge on any atom is 0.325 e. The number of ether oxygens (including phenoxy) is 1. The number of benzene rings is 3. The quantitative estimate of drug-likeness (QED) is 0.365. The Balaban J connectivity index is 1.79. The molecule has 0 bridgehead atoms. The average Bonchev–Trinajstić information content (AvgIpc) is 3.17. The van der Waals surface area contributed by atoms with E-state index in [2.05, 4.69) is 0 Å². The topological polar surface area (TPSA) is 63.7 Å². The molecule has 6 heteroatoms. The van der Waals surface area contributed by atoms with Gasteiger partial charge in [0, 0.05) is 11.0 Å². The second kappa shape index (κ2) is 10.1. The van der Waals surface area contributed by atoms with Gasteiger partial charge in [0.25, 0.3) is 5.91 Å². The molecule has 0 aliphatic carbocycles. The molecule has 1 saturated heterocycles. The molecular weight excluding hydrogens is 446 g/mol. The number of thioether (sulfide) groups is 1. The van der Waals surface area contributed by atoms with Gasteiger partial charge < -0.3 is 4.74 Å². The molecule has 34 heavy (non-hydrogen) atoms. The number of likely N-dealkylation sites (tertiary alicyclic amines) is 1. The molecule has 3 aromatic rings. The smallest absolute Gasteiger partial charge is 0.325 e. The van der Waals surface area contributed by atoms with Crippen LogP contribution in [0.5, 0.6) is 0 Å². The Morgan fingerprint density at radius 3 is 2.21 bits per heavy atom. The van der Waals surface area contributed by atoms with E-state index in [0.29, 0.717) is 5.56 Å². The van der Waals surface area contributed by atoms with Gasteiger partial charge in [0.15, 0.2) is 4.75 Å². The molecular formula is C28H25NO4S. The summed E-state index contributed by atoms with van der Waals surface area (Å²) in [6, 6.07) is 25.5. The second-order valence-corrected chi connectivity index (χ2v) is 9.54. The third kappa shape index (κ3) is 4.68. The van der Waals surface area contributed by atoms with E-state index in [1.165, 1.54) is 29.8 Å². The van der Waals surface area contributed by atoms with Crippen LogP contribution < -0.4 is 0 Å². The van der Waals surface area contributed by atoms with Gasteiger partial charge in [-0.15, -0.1) is 11.8 Å². The fraction of sp³-hybridized carbons (Fsp3) is 0.179. The predicted octanol–water partition coefficient (Wildman–Crippen LogP) is 5.21. The van der Waals surface area contributed by atoms with Gasteiger partial charge in [-0.25, -0.2) is 0 Å². The van der Waals surface area contributed by atoms with Crippen LogP contribution in [0.1, 0.15) is 29.2 Å². The molecule has 0 aromatic heterocycles. The zero-order valence-electron chi connectivity index (χ0n) is 19.0. The lowest BCUT2D eigenvalue weighted by Crippen LogP contribution is -2.44. The number of hydrogen-bond donors (Lipinski definition) is 0. The second-order valence-electron chi connectivity index (χ2n) is 8.13. The largest absolute Gasteiger partial charge is 0.468 e. The van der Waals surface area contributed by atoms with Crippen molar-refractivity contribution in [2.45, 2.75) is 29.0 Å². The van der Waals surface area contributed by atoms with Gasteiger partial charge in [-0.05, 0) is 36.3 Å². The Labute approximate surface area is 203 Å². The number of aryl methyl sites for hydroxylation is 1. The minimum Gasteiger partial charge on any atom is -0.468 e. The van der Waals surface area contributed by atoms with E-state index in [1.807, 2.05) is 91.9 Å². The Hall–Kier alpha value is -3.64. The SMILES string of the molecule is COC(=O)[C@@]1(Sc2ccc(C)cc2)CC(=O)N(C(=O)/C=C/c2ccccc2)[C@@H]1c1ccccc1. The first-order valence-corrected chi connectivity index (χ1v) is 11.7. The van der Waals surface area contributed by atoms with E-state index in [1.54, 1.807) is 6.08 Å². The number of methoxy groups -OCH3 is 1. The molecule has 2 amide bonds. The zero-order chi connectivity index (χ0) is 24.1. The van der Waals surface area contributed by atoms with Gasteiger partial charge in [0.05, 0.1) is 19.6 Å². The Morgan fingerprint density at radius 2 is 1.59 bits per heavy atom. The van der Waals surface area contributed by atoms with Gasteiger partial charge in [-0.2, -0.15) is 0 Å². The van der Waals surface area contributed by atoms with Crippen molar-refractivity contribution in [1.82, 2.24) is 4.90 Å². The highest BCUT2D eigenvalue weighted by molar-refractivity contribution is 8.01. The molecule has 3 aromatic carbocycles. The minimum absolute atomic E-state index is 0.150. The molecule has 0 radical (unpaired) electrons. The average molecular weight is 472 g/mol. The molecule has 5 nitrogen and oxygen atoms in total. The lowest BCUT2D eigenvalue weighted by Gasteiger charge is -2.34. The van der Waals surface area contributed by atoms with Crippen LogP contribution >= 0.6 is 11.8 Å². The summed E-state index contributed by atoms with van der Waals surface area (Å²) in [5.41, 5.74) is 2.62. The first kappa shape index (κ1) is 23.5. The lowest BCUT2D eigenvalue weighted by atomic mass is 9.92. The molecule has 0 N–H and O–H groups in total. The molecule has 2 atom stereocenters. The van der Waals surface area contributed by atoms with Gasteiger partial charge in [0.2, 0.25) is 5.91 Å². The highest BCUT2D eigenvalue weighted by Crippen LogP contribution is 2.53. The van der Waals surface area contributed by atoms with Crippen molar-refractivity contribution in [2.75, 3.05) is 7.11 Å². The number of imide groups is 1. The normalized spacial score (nSPS) is 20.0. The maximum atomic E-state index is 13.4. The zero-order valence-corrected chi connectivity index (χ0v) is 19.8. The summed E-state index contributed by atoms with van der Waals surface area (Å²) >= 11 is 1.27. The van der Waals surface area contributed by atoms with Gasteiger partial charge in [0.1, 0.15) is 0 Å². The van der Waals surface area contributed by atoms with Crippen LogP contribution in [-0.2, 0) is 19.1 Å². The highest BCUT2D eigenvalue weighted by atomic mass is 32.2. The summed E-state index contributed by atoms with van der Waals surface area (Å²) in [7, 11) is 1.31. The van der Waals surface area contributed by atoms with Crippen LogP contribution in [0.25, 0.3) is 6.08 Å². The molecule has 1 aliphatic rings. The Morgan fingerprint density at radius 1 is 0.971 bits per heavy atom. The molecule has 1 aliphatic heterocycles. The van der Waals surface area contributed by atoms with Crippen molar-refractivity contribution < 1.29 is 19.1 Å². The van der Waals surface area contributed by atoms with E-state index in [4.69, 9.17) is 4.74 Å². The third-order valence-corrected chi connectivity index (χ3v) is 7.21. The summed E-state index contributed by atoms with van der Waals surface area (Å²) in [5.74, 6) is -1.43. The molecule has 1 heterocycles.